The first-order valence-corrected chi connectivity index (χ1v) is 10.7. The number of aliphatic hydroxyl groups is 2. The molecule has 2 aliphatic rings. The van der Waals surface area contributed by atoms with Crippen LogP contribution in [-0.4, -0.2) is 41.3 Å². The molecule has 0 aromatic carbocycles. The van der Waals surface area contributed by atoms with Crippen LogP contribution in [0.4, 0.5) is 0 Å². The normalized spacial score (nSPS) is 29.2. The summed E-state index contributed by atoms with van der Waals surface area (Å²) in [6.45, 7) is 10.4. The van der Waals surface area contributed by atoms with E-state index in [-0.39, 0.29) is 41.5 Å². The van der Waals surface area contributed by atoms with Gasteiger partial charge in [-0.05, 0) is 60.8 Å². The average Bonchev–Trinajstić information content (AvgIpc) is 2.61. The molecule has 4 atom stereocenters. The van der Waals surface area contributed by atoms with Gasteiger partial charge in [-0.15, -0.1) is 0 Å². The molecule has 1 unspecified atom stereocenters. The Labute approximate surface area is 169 Å². The third kappa shape index (κ3) is 5.04. The zero-order valence-electron chi connectivity index (χ0n) is 18.2. The maximum absolute atomic E-state index is 12.7. The molecule has 28 heavy (non-hydrogen) atoms. The molecular formula is C23H38O5. The molecule has 5 heteroatoms. The van der Waals surface area contributed by atoms with Gasteiger partial charge < -0.3 is 14.9 Å². The predicted octanol–water partition coefficient (Wildman–Crippen LogP) is 3.81. The smallest absolute Gasteiger partial charge is 0.306 e. The second kappa shape index (κ2) is 9.08. The molecular weight excluding hydrogens is 356 g/mol. The molecule has 2 rings (SSSR count). The Kier molecular flexibility index (Phi) is 7.49. The van der Waals surface area contributed by atoms with Crippen LogP contribution in [0.15, 0.2) is 11.1 Å². The van der Waals surface area contributed by atoms with E-state index in [4.69, 9.17) is 9.84 Å². The van der Waals surface area contributed by atoms with Crippen molar-refractivity contribution in [2.75, 3.05) is 13.2 Å². The van der Waals surface area contributed by atoms with Gasteiger partial charge in [0, 0.05) is 12.8 Å². The minimum absolute atomic E-state index is 0.0746. The minimum atomic E-state index is -1.02. The van der Waals surface area contributed by atoms with Crippen molar-refractivity contribution in [1.82, 2.24) is 0 Å². The molecule has 0 radical (unpaired) electrons. The third-order valence-electron chi connectivity index (χ3n) is 7.23. The van der Waals surface area contributed by atoms with Gasteiger partial charge in [-0.3, -0.25) is 9.59 Å². The molecule has 0 spiro atoms. The number of fused-ring (bicyclic) bond motifs is 1. The summed E-state index contributed by atoms with van der Waals surface area (Å²) < 4.78 is 5.01. The van der Waals surface area contributed by atoms with Crippen LogP contribution in [0.5, 0.6) is 0 Å². The Bertz CT molecular complexity index is 620. The maximum atomic E-state index is 12.7. The summed E-state index contributed by atoms with van der Waals surface area (Å²) in [5.74, 6) is 0.459. The molecule has 0 saturated heterocycles. The van der Waals surface area contributed by atoms with Crippen molar-refractivity contribution in [2.45, 2.75) is 85.7 Å². The largest absolute Gasteiger partial charge is 0.463 e. The van der Waals surface area contributed by atoms with Crippen molar-refractivity contribution in [3.8, 4) is 0 Å². The highest BCUT2D eigenvalue weighted by molar-refractivity contribution is 5.97. The van der Waals surface area contributed by atoms with Crippen molar-refractivity contribution in [2.24, 2.45) is 22.7 Å². The van der Waals surface area contributed by atoms with Crippen LogP contribution in [-0.2, 0) is 14.3 Å². The zero-order chi connectivity index (χ0) is 21.1. The highest BCUT2D eigenvalue weighted by atomic mass is 16.5. The van der Waals surface area contributed by atoms with Crippen LogP contribution in [0.1, 0.15) is 79.6 Å². The Hall–Kier alpha value is -1.20. The molecule has 0 aromatic heterocycles. The number of hydrogen-bond acceptors (Lipinski definition) is 5. The van der Waals surface area contributed by atoms with E-state index in [0.717, 1.165) is 24.8 Å². The van der Waals surface area contributed by atoms with E-state index in [9.17, 15) is 14.7 Å². The molecule has 0 aromatic rings. The van der Waals surface area contributed by atoms with Gasteiger partial charge in [0.1, 0.15) is 12.7 Å². The van der Waals surface area contributed by atoms with Gasteiger partial charge in [0.2, 0.25) is 0 Å². The molecule has 1 saturated carbocycles. The number of aliphatic hydroxyl groups excluding tert-OH is 2. The Morgan fingerprint density at radius 1 is 1.29 bits per heavy atom. The number of ether oxygens (including phenoxy) is 1. The summed E-state index contributed by atoms with van der Waals surface area (Å²) in [4.78, 5) is 24.6. The monoisotopic (exact) mass is 394 g/mol. The van der Waals surface area contributed by atoms with Gasteiger partial charge in [0.25, 0.3) is 0 Å². The van der Waals surface area contributed by atoms with Crippen LogP contribution < -0.4 is 0 Å². The number of rotatable bonds is 8. The average molecular weight is 395 g/mol. The van der Waals surface area contributed by atoms with Gasteiger partial charge in [-0.25, -0.2) is 0 Å². The molecule has 0 aliphatic heterocycles. The number of allylic oxidation sites excluding steroid dienone is 2. The first-order valence-electron chi connectivity index (χ1n) is 10.7. The zero-order valence-corrected chi connectivity index (χ0v) is 18.2. The lowest BCUT2D eigenvalue weighted by Gasteiger charge is -2.54. The lowest BCUT2D eigenvalue weighted by molar-refractivity contribution is -0.148. The molecule has 160 valence electrons. The van der Waals surface area contributed by atoms with Crippen LogP contribution in [0, 0.1) is 22.7 Å². The quantitative estimate of drug-likeness (QED) is 0.612. The van der Waals surface area contributed by atoms with Crippen LogP contribution in [0.2, 0.25) is 0 Å². The van der Waals surface area contributed by atoms with E-state index in [1.165, 1.54) is 18.4 Å². The van der Waals surface area contributed by atoms with Gasteiger partial charge in [-0.1, -0.05) is 39.7 Å². The lowest BCUT2D eigenvalue weighted by Crippen LogP contribution is -2.47. The van der Waals surface area contributed by atoms with E-state index >= 15 is 0 Å². The van der Waals surface area contributed by atoms with E-state index < -0.39 is 12.7 Å². The molecule has 0 heterocycles. The number of carbonyl (C=O) groups is 2. The summed E-state index contributed by atoms with van der Waals surface area (Å²) in [7, 11) is 0. The Morgan fingerprint density at radius 3 is 2.61 bits per heavy atom. The molecule has 0 amide bonds. The first-order chi connectivity index (χ1) is 13.0. The topological polar surface area (TPSA) is 83.8 Å². The summed E-state index contributed by atoms with van der Waals surface area (Å²) >= 11 is 0. The van der Waals surface area contributed by atoms with Crippen molar-refractivity contribution >= 4 is 11.8 Å². The highest BCUT2D eigenvalue weighted by Gasteiger charge is 2.51. The number of hydrogen-bond donors (Lipinski definition) is 2. The van der Waals surface area contributed by atoms with E-state index in [1.54, 1.807) is 0 Å². The fourth-order valence-corrected chi connectivity index (χ4v) is 5.47. The van der Waals surface area contributed by atoms with E-state index in [1.807, 2.05) is 13.8 Å². The number of Topliss-reactive ketones (excluding diaryl/α,β-unsaturated/α-hetero) is 1. The summed E-state index contributed by atoms with van der Waals surface area (Å²) in [5, 5.41) is 18.1. The first kappa shape index (κ1) is 23.1. The standard InChI is InChI=1S/C23H38O5/c1-15(11-21(27)28-14-17(25)13-24)7-8-18-16(2)19(26)12-20-22(3,4)9-6-10-23(18,20)5/h15,17,20,24-25H,6-14H2,1-5H3/t15-,17?,20-,23+/m1/s1. The van der Waals surface area contributed by atoms with Crippen molar-refractivity contribution in [3.63, 3.8) is 0 Å². The SMILES string of the molecule is CC1=C(CC[C@@H](C)CC(=O)OCC(O)CO)[C@]2(C)CCCC(C)(C)[C@H]2CC1=O. The highest BCUT2D eigenvalue weighted by Crippen LogP contribution is 2.59. The van der Waals surface area contributed by atoms with E-state index in [0.29, 0.717) is 12.3 Å². The maximum Gasteiger partial charge on any atom is 0.306 e. The molecule has 2 aliphatic carbocycles. The number of carbonyl (C=O) groups excluding carboxylic acids is 2. The van der Waals surface area contributed by atoms with Crippen LogP contribution >= 0.6 is 0 Å². The molecule has 5 nitrogen and oxygen atoms in total. The minimum Gasteiger partial charge on any atom is -0.463 e. The Balaban J connectivity index is 2.02. The lowest BCUT2D eigenvalue weighted by atomic mass is 9.49. The predicted molar refractivity (Wildman–Crippen MR) is 109 cm³/mol. The molecule has 2 N–H and O–H groups in total. The van der Waals surface area contributed by atoms with Crippen LogP contribution in [0.3, 0.4) is 0 Å². The van der Waals surface area contributed by atoms with Crippen LogP contribution in [0.25, 0.3) is 0 Å². The third-order valence-corrected chi connectivity index (χ3v) is 7.23. The summed E-state index contributed by atoms with van der Waals surface area (Å²) in [6.07, 6.45) is 5.10. The fraction of sp³-hybridized carbons (Fsp3) is 0.826. The van der Waals surface area contributed by atoms with Gasteiger partial charge in [-0.2, -0.15) is 0 Å². The van der Waals surface area contributed by atoms with Crippen molar-refractivity contribution in [3.05, 3.63) is 11.1 Å². The second-order valence-corrected chi connectivity index (χ2v) is 9.91. The molecule has 0 bridgehead atoms. The van der Waals surface area contributed by atoms with Crippen molar-refractivity contribution in [1.29, 1.82) is 0 Å². The fourth-order valence-electron chi connectivity index (χ4n) is 5.47. The second-order valence-electron chi connectivity index (χ2n) is 9.91. The Morgan fingerprint density at radius 2 is 1.96 bits per heavy atom. The van der Waals surface area contributed by atoms with Crippen molar-refractivity contribution < 1.29 is 24.5 Å². The summed E-state index contributed by atoms with van der Waals surface area (Å²) in [6, 6.07) is 0. The van der Waals surface area contributed by atoms with Gasteiger partial charge in [0.15, 0.2) is 5.78 Å². The van der Waals surface area contributed by atoms with Gasteiger partial charge >= 0.3 is 5.97 Å². The number of esters is 1. The number of ketones is 1. The van der Waals surface area contributed by atoms with E-state index in [2.05, 4.69) is 20.8 Å². The summed E-state index contributed by atoms with van der Waals surface area (Å²) in [5.41, 5.74) is 2.50. The van der Waals surface area contributed by atoms with Gasteiger partial charge in [0.05, 0.1) is 6.61 Å². The molecule has 1 fully saturated rings.